The molecule has 0 spiro atoms. The molecule has 25 heavy (non-hydrogen) atoms. The predicted molar refractivity (Wildman–Crippen MR) is 94.8 cm³/mol. The van der Waals surface area contributed by atoms with E-state index >= 15 is 0 Å². The molecule has 6 heteroatoms. The summed E-state index contributed by atoms with van der Waals surface area (Å²) < 4.78 is 5.33. The third-order valence-corrected chi connectivity index (χ3v) is 3.41. The summed E-state index contributed by atoms with van der Waals surface area (Å²) in [4.78, 5) is 34.7. The van der Waals surface area contributed by atoms with Gasteiger partial charge in [-0.15, -0.1) is 0 Å². The lowest BCUT2D eigenvalue weighted by atomic mass is 10.1. The summed E-state index contributed by atoms with van der Waals surface area (Å²) in [6.45, 7) is 3.11. The molecule has 0 saturated carbocycles. The van der Waals surface area contributed by atoms with Gasteiger partial charge < -0.3 is 15.4 Å². The number of hydrogen-bond acceptors (Lipinski definition) is 4. The number of anilines is 1. The number of nitrogens with one attached hydrogen (secondary N) is 2. The van der Waals surface area contributed by atoms with Crippen molar-refractivity contribution in [3.63, 3.8) is 0 Å². The molecule has 0 aromatic heterocycles. The van der Waals surface area contributed by atoms with Crippen molar-refractivity contribution < 1.29 is 19.1 Å². The van der Waals surface area contributed by atoms with E-state index in [2.05, 4.69) is 10.6 Å². The van der Waals surface area contributed by atoms with Gasteiger partial charge in [-0.3, -0.25) is 14.4 Å². The van der Waals surface area contributed by atoms with Gasteiger partial charge in [0.15, 0.2) is 12.4 Å². The van der Waals surface area contributed by atoms with Crippen LogP contribution in [0, 0.1) is 6.92 Å². The van der Waals surface area contributed by atoms with E-state index in [4.69, 9.17) is 4.74 Å². The fraction of sp³-hybridized carbons (Fsp3) is 0.211. The Morgan fingerprint density at radius 1 is 0.920 bits per heavy atom. The van der Waals surface area contributed by atoms with E-state index in [1.54, 1.807) is 36.4 Å². The number of carbonyl (C=O) groups excluding carboxylic acids is 3. The summed E-state index contributed by atoms with van der Waals surface area (Å²) in [7, 11) is 0. The maximum atomic E-state index is 11.8. The Bertz CT molecular complexity index is 752. The number of ketones is 1. The van der Waals surface area contributed by atoms with Gasteiger partial charge >= 0.3 is 0 Å². The molecule has 2 N–H and O–H groups in total. The minimum absolute atomic E-state index is 0.0429. The first-order valence-corrected chi connectivity index (χ1v) is 7.81. The maximum Gasteiger partial charge on any atom is 0.258 e. The van der Waals surface area contributed by atoms with Crippen LogP contribution in [0.25, 0.3) is 0 Å². The molecule has 6 nitrogen and oxygen atoms in total. The van der Waals surface area contributed by atoms with Gasteiger partial charge in [-0.2, -0.15) is 0 Å². The molecular weight excluding hydrogens is 320 g/mol. The van der Waals surface area contributed by atoms with E-state index in [-0.39, 0.29) is 30.7 Å². The Morgan fingerprint density at radius 3 is 2.16 bits per heavy atom. The van der Waals surface area contributed by atoms with Crippen LogP contribution in [-0.4, -0.2) is 30.7 Å². The minimum Gasteiger partial charge on any atom is -0.484 e. The van der Waals surface area contributed by atoms with E-state index in [1.807, 2.05) is 19.1 Å². The molecule has 0 atom stereocenters. The zero-order valence-electron chi connectivity index (χ0n) is 14.2. The Labute approximate surface area is 146 Å². The molecule has 0 heterocycles. The zero-order chi connectivity index (χ0) is 18.2. The van der Waals surface area contributed by atoms with Gasteiger partial charge in [-0.05, 0) is 50.2 Å². The molecule has 0 aliphatic carbocycles. The van der Waals surface area contributed by atoms with Crippen LogP contribution in [0.4, 0.5) is 5.69 Å². The number of amides is 2. The Hall–Kier alpha value is -3.15. The first kappa shape index (κ1) is 18.2. The highest BCUT2D eigenvalue weighted by Crippen LogP contribution is 2.11. The summed E-state index contributed by atoms with van der Waals surface area (Å²) in [5.41, 5.74) is 2.23. The van der Waals surface area contributed by atoms with Crippen LogP contribution in [-0.2, 0) is 9.59 Å². The molecule has 0 unspecified atom stereocenters. The second kappa shape index (κ2) is 8.63. The molecule has 0 saturated heterocycles. The van der Waals surface area contributed by atoms with E-state index in [9.17, 15) is 14.4 Å². The van der Waals surface area contributed by atoms with Crippen LogP contribution in [0.1, 0.15) is 22.8 Å². The van der Waals surface area contributed by atoms with Crippen molar-refractivity contribution in [3.05, 3.63) is 59.7 Å². The van der Waals surface area contributed by atoms with E-state index in [0.717, 1.165) is 5.56 Å². The van der Waals surface area contributed by atoms with Gasteiger partial charge in [-0.25, -0.2) is 0 Å². The number of carbonyl (C=O) groups is 3. The van der Waals surface area contributed by atoms with Crippen LogP contribution in [0.3, 0.4) is 0 Å². The van der Waals surface area contributed by atoms with Crippen molar-refractivity contribution in [1.82, 2.24) is 5.32 Å². The van der Waals surface area contributed by atoms with Crippen molar-refractivity contribution in [1.29, 1.82) is 0 Å². The Balaban J connectivity index is 1.72. The van der Waals surface area contributed by atoms with Crippen LogP contribution < -0.4 is 15.4 Å². The van der Waals surface area contributed by atoms with E-state index in [1.165, 1.54) is 6.92 Å². The van der Waals surface area contributed by atoms with Gasteiger partial charge in [0, 0.05) is 11.3 Å². The lowest BCUT2D eigenvalue weighted by molar-refractivity contribution is -0.125. The summed E-state index contributed by atoms with van der Waals surface area (Å²) in [6.07, 6.45) is 0. The molecule has 0 radical (unpaired) electrons. The fourth-order valence-electron chi connectivity index (χ4n) is 2.01. The standard InChI is InChI=1S/C19H20N2O4/c1-13-3-9-17(10-4-13)25-12-19(24)20-11-18(23)21-16-7-5-15(6-8-16)14(2)22/h3-10H,11-12H2,1-2H3,(H,20,24)(H,21,23). The van der Waals surface area contributed by atoms with Crippen LogP contribution in [0.5, 0.6) is 5.75 Å². The molecule has 2 aromatic rings. The number of Topliss-reactive ketones (excluding diaryl/α,β-unsaturated/α-hetero) is 1. The number of ether oxygens (including phenoxy) is 1. The van der Waals surface area contributed by atoms with Gasteiger partial charge in [0.2, 0.25) is 5.91 Å². The van der Waals surface area contributed by atoms with Gasteiger partial charge in [0.1, 0.15) is 5.75 Å². The highest BCUT2D eigenvalue weighted by atomic mass is 16.5. The van der Waals surface area contributed by atoms with Crippen molar-refractivity contribution in [2.45, 2.75) is 13.8 Å². The quantitative estimate of drug-likeness (QED) is 0.758. The van der Waals surface area contributed by atoms with Gasteiger partial charge in [-0.1, -0.05) is 17.7 Å². The van der Waals surface area contributed by atoms with Crippen molar-refractivity contribution in [2.75, 3.05) is 18.5 Å². The maximum absolute atomic E-state index is 11.8. The number of hydrogen-bond donors (Lipinski definition) is 2. The molecule has 130 valence electrons. The number of rotatable bonds is 7. The van der Waals surface area contributed by atoms with E-state index in [0.29, 0.717) is 17.0 Å². The van der Waals surface area contributed by atoms with Gasteiger partial charge in [0.05, 0.1) is 6.54 Å². The van der Waals surface area contributed by atoms with Crippen LogP contribution in [0.15, 0.2) is 48.5 Å². The van der Waals surface area contributed by atoms with Crippen LogP contribution in [0.2, 0.25) is 0 Å². The number of aryl methyl sites for hydroxylation is 1. The lowest BCUT2D eigenvalue weighted by Crippen LogP contribution is -2.35. The summed E-state index contributed by atoms with van der Waals surface area (Å²) in [5, 5.41) is 5.12. The lowest BCUT2D eigenvalue weighted by Gasteiger charge is -2.09. The normalized spacial score (nSPS) is 10.0. The van der Waals surface area contributed by atoms with Crippen molar-refractivity contribution in [3.8, 4) is 5.75 Å². The SMILES string of the molecule is CC(=O)c1ccc(NC(=O)CNC(=O)COc2ccc(C)cc2)cc1. The number of benzene rings is 2. The largest absolute Gasteiger partial charge is 0.484 e. The minimum atomic E-state index is -0.386. The molecule has 2 amide bonds. The highest BCUT2D eigenvalue weighted by Gasteiger charge is 2.07. The third kappa shape index (κ3) is 6.10. The second-order valence-corrected chi connectivity index (χ2v) is 5.56. The summed E-state index contributed by atoms with van der Waals surface area (Å²) in [6, 6.07) is 13.9. The average molecular weight is 340 g/mol. The molecule has 0 aliphatic rings. The molecule has 0 bridgehead atoms. The predicted octanol–water partition coefficient (Wildman–Crippen LogP) is 2.33. The smallest absolute Gasteiger partial charge is 0.258 e. The molecule has 2 rings (SSSR count). The van der Waals surface area contributed by atoms with E-state index < -0.39 is 0 Å². The monoisotopic (exact) mass is 340 g/mol. The molecule has 0 aliphatic heterocycles. The highest BCUT2D eigenvalue weighted by molar-refractivity contribution is 5.96. The fourth-order valence-corrected chi connectivity index (χ4v) is 2.01. The van der Waals surface area contributed by atoms with Gasteiger partial charge in [0.25, 0.3) is 5.91 Å². The molecule has 0 fully saturated rings. The summed E-state index contributed by atoms with van der Waals surface area (Å²) in [5.74, 6) is -0.198. The zero-order valence-corrected chi connectivity index (χ0v) is 14.2. The average Bonchev–Trinajstić information content (AvgIpc) is 2.60. The van der Waals surface area contributed by atoms with Crippen LogP contribution >= 0.6 is 0 Å². The topological polar surface area (TPSA) is 84.5 Å². The molecular formula is C19H20N2O4. The first-order chi connectivity index (χ1) is 11.9. The van der Waals surface area contributed by atoms with Crippen molar-refractivity contribution in [2.24, 2.45) is 0 Å². The Kier molecular flexibility index (Phi) is 6.28. The summed E-state index contributed by atoms with van der Waals surface area (Å²) >= 11 is 0. The van der Waals surface area contributed by atoms with Crippen molar-refractivity contribution >= 4 is 23.3 Å². The second-order valence-electron chi connectivity index (χ2n) is 5.56. The first-order valence-electron chi connectivity index (χ1n) is 7.81. The Morgan fingerprint density at radius 2 is 1.56 bits per heavy atom. The third-order valence-electron chi connectivity index (χ3n) is 3.41. The molecule has 2 aromatic carbocycles.